The van der Waals surface area contributed by atoms with Gasteiger partial charge >= 0.3 is 12.1 Å². The molecule has 8 heteroatoms. The van der Waals surface area contributed by atoms with E-state index in [1.165, 1.54) is 0 Å². The van der Waals surface area contributed by atoms with Gasteiger partial charge in [-0.2, -0.15) is 0 Å². The lowest BCUT2D eigenvalue weighted by atomic mass is 10.0. The molecule has 0 fully saturated rings. The molecule has 0 aliphatic heterocycles. The fourth-order valence-corrected chi connectivity index (χ4v) is 3.96. The number of carbonyl (C=O) groups excluding carboxylic acids is 2. The smallest absolute Gasteiger partial charge is 0.408 e. The highest BCUT2D eigenvalue weighted by Gasteiger charge is 2.28. The summed E-state index contributed by atoms with van der Waals surface area (Å²) in [6, 6.07) is 23.6. The van der Waals surface area contributed by atoms with Crippen molar-refractivity contribution in [3.8, 4) is 0 Å². The number of nitrogens with one attached hydrogen (secondary N) is 3. The Kier molecular flexibility index (Phi) is 7.97. The topological polar surface area (TPSA) is 121 Å². The second-order valence-corrected chi connectivity index (χ2v) is 8.41. The Bertz CT molecular complexity index is 1320. The van der Waals surface area contributed by atoms with Crippen LogP contribution in [0.4, 0.5) is 4.79 Å². The molecule has 0 radical (unpaired) electrons. The highest BCUT2D eigenvalue weighted by atomic mass is 16.5. The first-order valence-corrected chi connectivity index (χ1v) is 11.6. The first-order valence-electron chi connectivity index (χ1n) is 11.6. The normalized spacial score (nSPS) is 12.4. The number of para-hydroxylation sites is 1. The van der Waals surface area contributed by atoms with Crippen LogP contribution in [0.15, 0.2) is 91.1 Å². The van der Waals surface area contributed by atoms with E-state index >= 15 is 0 Å². The molecule has 0 aliphatic carbocycles. The van der Waals surface area contributed by atoms with Gasteiger partial charge in [-0.15, -0.1) is 0 Å². The summed E-state index contributed by atoms with van der Waals surface area (Å²) in [4.78, 5) is 40.9. The van der Waals surface area contributed by atoms with Crippen LogP contribution >= 0.6 is 0 Å². The number of carboxylic acids is 1. The Hall–Kier alpha value is -4.59. The fourth-order valence-electron chi connectivity index (χ4n) is 3.96. The lowest BCUT2D eigenvalue weighted by molar-refractivity contribution is -0.142. The van der Waals surface area contributed by atoms with Crippen molar-refractivity contribution < 1.29 is 24.2 Å². The molecule has 1 heterocycles. The molecule has 0 aliphatic rings. The van der Waals surface area contributed by atoms with Gasteiger partial charge in [-0.3, -0.25) is 4.79 Å². The van der Waals surface area contributed by atoms with Gasteiger partial charge in [0, 0.05) is 29.9 Å². The monoisotopic (exact) mass is 485 g/mol. The molecule has 1 aromatic heterocycles. The van der Waals surface area contributed by atoms with Crippen molar-refractivity contribution in [1.82, 2.24) is 15.6 Å². The van der Waals surface area contributed by atoms with Gasteiger partial charge in [-0.25, -0.2) is 9.59 Å². The lowest BCUT2D eigenvalue weighted by Crippen LogP contribution is -2.53. The van der Waals surface area contributed by atoms with E-state index in [-0.39, 0.29) is 19.4 Å². The van der Waals surface area contributed by atoms with Crippen LogP contribution in [0, 0.1) is 0 Å². The minimum Gasteiger partial charge on any atom is -0.480 e. The summed E-state index contributed by atoms with van der Waals surface area (Å²) in [7, 11) is 0. The van der Waals surface area contributed by atoms with Crippen molar-refractivity contribution in [3.63, 3.8) is 0 Å². The Labute approximate surface area is 208 Å². The molecular formula is C28H27N3O5. The third kappa shape index (κ3) is 6.50. The maximum absolute atomic E-state index is 13.3. The number of hydrogen-bond donors (Lipinski definition) is 4. The van der Waals surface area contributed by atoms with Crippen LogP contribution in [-0.2, 0) is 33.8 Å². The largest absolute Gasteiger partial charge is 0.480 e. The molecule has 184 valence electrons. The third-order valence-electron chi connectivity index (χ3n) is 5.82. The standard InChI is InChI=1S/C28H27N3O5/c32-26(30-25(27(33)34)15-19-9-3-1-4-10-19)24(16-21-17-29-23-14-8-7-13-22(21)23)31-28(35)36-18-20-11-5-2-6-12-20/h1-14,17,24-25,29H,15-16,18H2,(H,30,32)(H,31,35)(H,33,34)/t24-,25+/m1/s1. The number of amides is 2. The van der Waals surface area contributed by atoms with Gasteiger partial charge in [-0.1, -0.05) is 78.9 Å². The molecule has 4 aromatic rings. The number of aromatic nitrogens is 1. The zero-order valence-electron chi connectivity index (χ0n) is 19.5. The zero-order valence-corrected chi connectivity index (χ0v) is 19.5. The molecule has 2 atom stereocenters. The molecule has 8 nitrogen and oxygen atoms in total. The van der Waals surface area contributed by atoms with E-state index in [4.69, 9.17) is 4.74 Å². The van der Waals surface area contributed by atoms with Crippen LogP contribution in [0.1, 0.15) is 16.7 Å². The lowest BCUT2D eigenvalue weighted by Gasteiger charge is -2.21. The summed E-state index contributed by atoms with van der Waals surface area (Å²) in [5.41, 5.74) is 3.28. The number of H-pyrrole nitrogens is 1. The highest BCUT2D eigenvalue weighted by molar-refractivity contribution is 5.91. The summed E-state index contributed by atoms with van der Waals surface area (Å²) in [6.07, 6.45) is 1.27. The number of carboxylic acid groups (broad SMARTS) is 1. The van der Waals surface area contributed by atoms with Gasteiger partial charge in [0.2, 0.25) is 5.91 Å². The quantitative estimate of drug-likeness (QED) is 0.272. The first-order chi connectivity index (χ1) is 17.5. The number of aliphatic carboxylic acids is 1. The Morgan fingerprint density at radius 1 is 0.778 bits per heavy atom. The molecule has 0 saturated carbocycles. The van der Waals surface area contributed by atoms with Gasteiger partial charge in [0.05, 0.1) is 0 Å². The van der Waals surface area contributed by atoms with E-state index in [1.54, 1.807) is 30.5 Å². The number of alkyl carbamates (subject to hydrolysis) is 1. The van der Waals surface area contributed by atoms with Crippen LogP contribution in [0.5, 0.6) is 0 Å². The number of ether oxygens (including phenoxy) is 1. The van der Waals surface area contributed by atoms with Gasteiger partial charge < -0.3 is 25.5 Å². The third-order valence-corrected chi connectivity index (χ3v) is 5.82. The van der Waals surface area contributed by atoms with Crippen LogP contribution < -0.4 is 10.6 Å². The Morgan fingerprint density at radius 2 is 1.42 bits per heavy atom. The van der Waals surface area contributed by atoms with Crippen molar-refractivity contribution in [2.24, 2.45) is 0 Å². The van der Waals surface area contributed by atoms with Gasteiger partial charge in [0.15, 0.2) is 0 Å². The van der Waals surface area contributed by atoms with Gasteiger partial charge in [-0.05, 0) is 22.8 Å². The highest BCUT2D eigenvalue weighted by Crippen LogP contribution is 2.19. The zero-order chi connectivity index (χ0) is 25.3. The van der Waals surface area contributed by atoms with Crippen LogP contribution in [0.2, 0.25) is 0 Å². The number of benzene rings is 3. The molecule has 0 unspecified atom stereocenters. The Balaban J connectivity index is 1.50. The molecule has 3 aromatic carbocycles. The van der Waals surface area contributed by atoms with Crippen molar-refractivity contribution in [2.75, 3.05) is 0 Å². The number of fused-ring (bicyclic) bond motifs is 1. The summed E-state index contributed by atoms with van der Waals surface area (Å²) >= 11 is 0. The first kappa shape index (κ1) is 24.5. The average Bonchev–Trinajstić information content (AvgIpc) is 3.30. The average molecular weight is 486 g/mol. The molecule has 0 saturated heterocycles. The summed E-state index contributed by atoms with van der Waals surface area (Å²) < 4.78 is 5.31. The van der Waals surface area contributed by atoms with E-state index < -0.39 is 30.1 Å². The van der Waals surface area contributed by atoms with Crippen molar-refractivity contribution in [3.05, 3.63) is 108 Å². The maximum Gasteiger partial charge on any atom is 0.408 e. The predicted molar refractivity (Wildman–Crippen MR) is 135 cm³/mol. The molecule has 4 N–H and O–H groups in total. The minimum absolute atomic E-state index is 0.0415. The van der Waals surface area contributed by atoms with E-state index in [0.717, 1.165) is 27.6 Å². The van der Waals surface area contributed by atoms with E-state index in [0.29, 0.717) is 0 Å². The van der Waals surface area contributed by atoms with Gasteiger partial charge in [0.25, 0.3) is 0 Å². The van der Waals surface area contributed by atoms with E-state index in [1.807, 2.05) is 60.7 Å². The van der Waals surface area contributed by atoms with Crippen LogP contribution in [0.3, 0.4) is 0 Å². The summed E-state index contributed by atoms with van der Waals surface area (Å²) in [5, 5.41) is 15.8. The predicted octanol–water partition coefficient (Wildman–Crippen LogP) is 3.82. The van der Waals surface area contributed by atoms with Crippen molar-refractivity contribution >= 4 is 28.9 Å². The maximum atomic E-state index is 13.3. The SMILES string of the molecule is O=C(N[C@H](Cc1c[nH]c2ccccc12)C(=O)N[C@@H](Cc1ccccc1)C(=O)O)OCc1ccccc1. The van der Waals surface area contributed by atoms with Crippen LogP contribution in [0.25, 0.3) is 10.9 Å². The summed E-state index contributed by atoms with van der Waals surface area (Å²) in [5.74, 6) is -1.77. The van der Waals surface area contributed by atoms with Crippen molar-refractivity contribution in [1.29, 1.82) is 0 Å². The minimum atomic E-state index is -1.16. The number of rotatable bonds is 10. The number of hydrogen-bond acceptors (Lipinski definition) is 4. The van der Waals surface area contributed by atoms with Gasteiger partial charge in [0.1, 0.15) is 18.7 Å². The second kappa shape index (κ2) is 11.7. The summed E-state index contributed by atoms with van der Waals surface area (Å²) in [6.45, 7) is 0.0415. The molecule has 0 bridgehead atoms. The number of carbonyl (C=O) groups is 3. The molecule has 4 rings (SSSR count). The van der Waals surface area contributed by atoms with Crippen LogP contribution in [-0.4, -0.2) is 40.1 Å². The molecule has 2 amide bonds. The number of aromatic amines is 1. The second-order valence-electron chi connectivity index (χ2n) is 8.41. The fraction of sp³-hybridized carbons (Fsp3) is 0.179. The van der Waals surface area contributed by atoms with E-state index in [2.05, 4.69) is 15.6 Å². The van der Waals surface area contributed by atoms with E-state index in [9.17, 15) is 19.5 Å². The Morgan fingerprint density at radius 3 is 2.11 bits per heavy atom. The molecule has 0 spiro atoms. The molecular weight excluding hydrogens is 458 g/mol. The van der Waals surface area contributed by atoms with Crippen molar-refractivity contribution in [2.45, 2.75) is 31.5 Å². The molecule has 36 heavy (non-hydrogen) atoms.